The molecule has 4 aromatic rings. The molecule has 0 unspecified atom stereocenters. The number of nitrogens with zero attached hydrogens (tertiary/aromatic N) is 4. The molecular weight excluding hydrogens is 455 g/mol. The number of anilines is 2. The Morgan fingerprint density at radius 2 is 1.94 bits per heavy atom. The van der Waals surface area contributed by atoms with Gasteiger partial charge < -0.3 is 15.6 Å². The lowest BCUT2D eigenvalue weighted by molar-refractivity contribution is -0.137. The largest absolute Gasteiger partial charge is 0.417 e. The van der Waals surface area contributed by atoms with E-state index in [1.807, 2.05) is 31.2 Å². The number of aromatic amines is 1. The van der Waals surface area contributed by atoms with Crippen LogP contribution in [0.25, 0.3) is 27.1 Å². The van der Waals surface area contributed by atoms with E-state index < -0.39 is 11.7 Å². The summed E-state index contributed by atoms with van der Waals surface area (Å²) in [5, 5.41) is 6.89. The molecule has 7 nitrogen and oxygen atoms in total. The van der Waals surface area contributed by atoms with Crippen LogP contribution in [0.2, 0.25) is 0 Å². The number of hydrogen-bond acceptors (Lipinski definition) is 5. The van der Waals surface area contributed by atoms with Crippen molar-refractivity contribution in [2.24, 2.45) is 5.92 Å². The van der Waals surface area contributed by atoms with E-state index in [1.54, 1.807) is 0 Å². The molecular formula is C25H22F3N7. The number of alkyl halides is 3. The van der Waals surface area contributed by atoms with E-state index in [1.165, 1.54) is 25.2 Å². The van der Waals surface area contributed by atoms with E-state index in [0.29, 0.717) is 5.56 Å². The number of halogens is 3. The lowest BCUT2D eigenvalue weighted by atomic mass is 10.1. The van der Waals surface area contributed by atoms with Gasteiger partial charge in [0.1, 0.15) is 5.65 Å². The van der Waals surface area contributed by atoms with Crippen LogP contribution in [0.4, 0.5) is 30.5 Å². The summed E-state index contributed by atoms with van der Waals surface area (Å²) in [5.74, 6) is 1.05. The van der Waals surface area contributed by atoms with Crippen molar-refractivity contribution in [2.45, 2.75) is 32.0 Å². The van der Waals surface area contributed by atoms with Gasteiger partial charge in [0, 0.05) is 41.8 Å². The minimum atomic E-state index is -4.53. The zero-order chi connectivity index (χ0) is 24.6. The lowest BCUT2D eigenvalue weighted by Gasteiger charge is -2.16. The first-order chi connectivity index (χ1) is 16.8. The van der Waals surface area contributed by atoms with Gasteiger partial charge in [-0.2, -0.15) is 13.2 Å². The molecule has 0 aliphatic heterocycles. The number of nitrogens with one attached hydrogen (secondary N) is 3. The van der Waals surface area contributed by atoms with Crippen molar-refractivity contribution in [1.29, 1.82) is 0 Å². The third kappa shape index (κ3) is 4.89. The van der Waals surface area contributed by atoms with E-state index in [2.05, 4.69) is 35.4 Å². The summed E-state index contributed by atoms with van der Waals surface area (Å²) in [4.78, 5) is 18.9. The highest BCUT2D eigenvalue weighted by atomic mass is 19.4. The maximum absolute atomic E-state index is 13.2. The van der Waals surface area contributed by atoms with Gasteiger partial charge in [-0.25, -0.2) is 19.8 Å². The fourth-order valence-corrected chi connectivity index (χ4v) is 3.83. The third-order valence-electron chi connectivity index (χ3n) is 6.05. The number of aromatic nitrogens is 4. The van der Waals surface area contributed by atoms with Gasteiger partial charge in [0.15, 0.2) is 0 Å². The molecule has 0 spiro atoms. The molecule has 3 aromatic heterocycles. The number of rotatable bonds is 7. The highest BCUT2D eigenvalue weighted by Crippen LogP contribution is 2.37. The van der Waals surface area contributed by atoms with Crippen LogP contribution in [0.3, 0.4) is 0 Å². The third-order valence-corrected chi connectivity index (χ3v) is 6.05. The van der Waals surface area contributed by atoms with Gasteiger partial charge >= 0.3 is 6.18 Å². The average molecular weight is 477 g/mol. The van der Waals surface area contributed by atoms with Gasteiger partial charge in [-0.05, 0) is 49.4 Å². The van der Waals surface area contributed by atoms with Crippen molar-refractivity contribution in [3.05, 3.63) is 71.5 Å². The molecule has 0 saturated heterocycles. The molecule has 0 amide bonds. The number of pyridine rings is 1. The molecule has 10 heteroatoms. The van der Waals surface area contributed by atoms with Gasteiger partial charge in [0.05, 0.1) is 23.9 Å². The Kier molecular flexibility index (Phi) is 5.76. The van der Waals surface area contributed by atoms with E-state index in [9.17, 15) is 13.2 Å². The SMILES string of the molecule is [C-]#[N+]c1cnc(N[C@H](C)c2ccc(NCC3CC3)cc2)nc1-c1c[nH]c2ncc(C(F)(F)F)cc12. The summed E-state index contributed by atoms with van der Waals surface area (Å²) in [6.07, 6.45) is 1.71. The van der Waals surface area contributed by atoms with Crippen molar-refractivity contribution in [3.63, 3.8) is 0 Å². The zero-order valence-electron chi connectivity index (χ0n) is 18.8. The van der Waals surface area contributed by atoms with Crippen LogP contribution in [0.5, 0.6) is 0 Å². The summed E-state index contributed by atoms with van der Waals surface area (Å²) in [5.41, 5.74) is 2.22. The van der Waals surface area contributed by atoms with Crippen molar-refractivity contribution in [1.82, 2.24) is 19.9 Å². The second-order valence-corrected chi connectivity index (χ2v) is 8.67. The molecule has 3 N–H and O–H groups in total. The molecule has 1 aliphatic rings. The Morgan fingerprint density at radius 1 is 1.17 bits per heavy atom. The first-order valence-electron chi connectivity index (χ1n) is 11.2. The van der Waals surface area contributed by atoms with E-state index in [4.69, 9.17) is 6.57 Å². The predicted octanol–water partition coefficient (Wildman–Crippen LogP) is 6.58. The number of benzene rings is 1. The second kappa shape index (κ2) is 8.91. The van der Waals surface area contributed by atoms with E-state index in [-0.39, 0.29) is 34.4 Å². The molecule has 1 saturated carbocycles. The maximum Gasteiger partial charge on any atom is 0.417 e. The quantitative estimate of drug-likeness (QED) is 0.262. The average Bonchev–Trinajstić information content (AvgIpc) is 3.59. The first-order valence-corrected chi connectivity index (χ1v) is 11.2. The van der Waals surface area contributed by atoms with Crippen LogP contribution < -0.4 is 10.6 Å². The van der Waals surface area contributed by atoms with Crippen LogP contribution >= 0.6 is 0 Å². The summed E-state index contributed by atoms with van der Waals surface area (Å²) in [7, 11) is 0. The fourth-order valence-electron chi connectivity index (χ4n) is 3.83. The predicted molar refractivity (Wildman–Crippen MR) is 128 cm³/mol. The summed E-state index contributed by atoms with van der Waals surface area (Å²) in [6.45, 7) is 10.4. The van der Waals surface area contributed by atoms with Crippen LogP contribution in [0.15, 0.2) is 48.9 Å². The Morgan fingerprint density at radius 3 is 2.63 bits per heavy atom. The Bertz CT molecular complexity index is 1400. The van der Waals surface area contributed by atoms with Crippen LogP contribution in [-0.4, -0.2) is 26.5 Å². The molecule has 5 rings (SSSR count). The smallest absolute Gasteiger partial charge is 0.385 e. The van der Waals surface area contributed by atoms with Gasteiger partial charge in [0.2, 0.25) is 11.6 Å². The van der Waals surface area contributed by atoms with Crippen LogP contribution in [0, 0.1) is 12.5 Å². The standard InChI is InChI=1S/C25H22F3N7/c1-14(16-5-7-18(8-6-16)30-10-15-3-4-15)34-24-33-13-21(29-2)22(35-24)20-12-32-23-19(20)9-17(11-31-23)25(26,27)28/h5-9,11-15,30H,3-4,10H2,1H3,(H,31,32)(H,33,34,35)/t14-/m1/s1. The molecule has 1 aromatic carbocycles. The van der Waals surface area contributed by atoms with Crippen molar-refractivity contribution in [3.8, 4) is 11.3 Å². The fraction of sp³-hybridized carbons (Fsp3) is 0.280. The number of hydrogen-bond donors (Lipinski definition) is 3. The minimum absolute atomic E-state index is 0.132. The van der Waals surface area contributed by atoms with Gasteiger partial charge in [-0.1, -0.05) is 12.1 Å². The van der Waals surface area contributed by atoms with Crippen molar-refractivity contribution >= 4 is 28.4 Å². The first kappa shape index (κ1) is 22.7. The molecule has 0 bridgehead atoms. The molecule has 1 atom stereocenters. The highest BCUT2D eigenvalue weighted by Gasteiger charge is 2.31. The summed E-state index contributed by atoms with van der Waals surface area (Å²) in [6, 6.07) is 8.97. The van der Waals surface area contributed by atoms with Gasteiger partial charge in [0.25, 0.3) is 0 Å². The Balaban J connectivity index is 1.41. The maximum atomic E-state index is 13.2. The minimum Gasteiger partial charge on any atom is -0.385 e. The van der Waals surface area contributed by atoms with E-state index in [0.717, 1.165) is 36.0 Å². The van der Waals surface area contributed by atoms with Crippen molar-refractivity contribution < 1.29 is 13.2 Å². The molecule has 0 radical (unpaired) electrons. The molecule has 178 valence electrons. The molecule has 1 aliphatic carbocycles. The molecule has 3 heterocycles. The zero-order valence-corrected chi connectivity index (χ0v) is 18.8. The molecule has 1 fully saturated rings. The summed E-state index contributed by atoms with van der Waals surface area (Å²) >= 11 is 0. The topological polar surface area (TPSA) is 82.9 Å². The van der Waals surface area contributed by atoms with Gasteiger partial charge in [-0.15, -0.1) is 0 Å². The van der Waals surface area contributed by atoms with Gasteiger partial charge in [-0.3, -0.25) is 0 Å². The van der Waals surface area contributed by atoms with Crippen molar-refractivity contribution in [2.75, 3.05) is 17.2 Å². The second-order valence-electron chi connectivity index (χ2n) is 8.67. The highest BCUT2D eigenvalue weighted by molar-refractivity contribution is 5.96. The van der Waals surface area contributed by atoms with E-state index >= 15 is 0 Å². The number of fused-ring (bicyclic) bond motifs is 1. The van der Waals surface area contributed by atoms with Crippen LogP contribution in [0.1, 0.15) is 36.9 Å². The Hall–Kier alpha value is -4.13. The Labute approximate surface area is 199 Å². The lowest BCUT2D eigenvalue weighted by Crippen LogP contribution is -2.10. The molecule has 35 heavy (non-hydrogen) atoms. The normalized spacial score (nSPS) is 14.5. The summed E-state index contributed by atoms with van der Waals surface area (Å²) < 4.78 is 39.7. The number of H-pyrrole nitrogens is 1. The monoisotopic (exact) mass is 477 g/mol. The van der Waals surface area contributed by atoms with Crippen LogP contribution in [-0.2, 0) is 6.18 Å².